The first kappa shape index (κ1) is 13.2. The first-order chi connectivity index (χ1) is 5.69. The molecular formula is C8H17ClO3S. The van der Waals surface area contributed by atoms with Gasteiger partial charge in [0, 0.05) is 0 Å². The maximum absolute atomic E-state index is 11.3. The summed E-state index contributed by atoms with van der Waals surface area (Å²) in [6, 6.07) is 0. The maximum Gasteiger partial charge on any atom is 0.284 e. The number of hydrogen-bond acceptors (Lipinski definition) is 3. The van der Waals surface area contributed by atoms with Crippen LogP contribution in [0.3, 0.4) is 0 Å². The van der Waals surface area contributed by atoms with Gasteiger partial charge in [0.2, 0.25) is 0 Å². The van der Waals surface area contributed by atoms with Crippen LogP contribution in [-0.2, 0) is 14.3 Å². The third-order valence-corrected chi connectivity index (χ3v) is 3.66. The second kappa shape index (κ2) is 4.62. The molecule has 0 aliphatic rings. The number of alkyl halides is 1. The minimum absolute atomic E-state index is 0.165. The van der Waals surface area contributed by atoms with Gasteiger partial charge in [-0.15, -0.1) is 11.6 Å². The van der Waals surface area contributed by atoms with E-state index in [1.807, 2.05) is 20.8 Å². The zero-order chi connectivity index (χ0) is 10.7. The van der Waals surface area contributed by atoms with E-state index >= 15 is 0 Å². The monoisotopic (exact) mass is 228 g/mol. The second-order valence-electron chi connectivity index (χ2n) is 4.13. The highest BCUT2D eigenvalue weighted by molar-refractivity contribution is 7.88. The standard InChI is InChI=1S/C8H17ClO3S/c1-5-7(9)13(10,11)12-6-8(2,3)4/h7H,5-6H2,1-4H3. The van der Waals surface area contributed by atoms with Crippen molar-refractivity contribution in [2.24, 2.45) is 5.41 Å². The zero-order valence-corrected chi connectivity index (χ0v) is 10.1. The molecule has 0 aliphatic carbocycles. The van der Waals surface area contributed by atoms with Crippen LogP contribution in [0, 0.1) is 5.41 Å². The van der Waals surface area contributed by atoms with E-state index in [4.69, 9.17) is 15.8 Å². The number of rotatable bonds is 4. The SMILES string of the molecule is CCC(Cl)S(=O)(=O)OCC(C)(C)C. The molecule has 13 heavy (non-hydrogen) atoms. The van der Waals surface area contributed by atoms with Crippen LogP contribution in [0.25, 0.3) is 0 Å². The molecule has 0 amide bonds. The lowest BCUT2D eigenvalue weighted by Gasteiger charge is -2.18. The molecule has 0 radical (unpaired) electrons. The van der Waals surface area contributed by atoms with Gasteiger partial charge in [-0.25, -0.2) is 0 Å². The predicted molar refractivity (Wildman–Crippen MR) is 54.3 cm³/mol. The Morgan fingerprint density at radius 1 is 1.38 bits per heavy atom. The van der Waals surface area contributed by atoms with Crippen LogP contribution in [0.15, 0.2) is 0 Å². The predicted octanol–water partition coefficient (Wildman–Crippen LogP) is 2.35. The summed E-state index contributed by atoms with van der Waals surface area (Å²) in [4.78, 5) is 0. The molecule has 0 saturated carbocycles. The summed E-state index contributed by atoms with van der Waals surface area (Å²) < 4.78 is 26.4. The Hall–Kier alpha value is 0.200. The van der Waals surface area contributed by atoms with E-state index < -0.39 is 14.8 Å². The van der Waals surface area contributed by atoms with Crippen LogP contribution in [0.1, 0.15) is 34.1 Å². The molecule has 0 bridgehead atoms. The van der Waals surface area contributed by atoms with Gasteiger partial charge in [0.1, 0.15) is 0 Å². The van der Waals surface area contributed by atoms with E-state index in [2.05, 4.69) is 0 Å². The molecule has 1 unspecified atom stereocenters. The topological polar surface area (TPSA) is 43.4 Å². The smallest absolute Gasteiger partial charge is 0.268 e. The summed E-state index contributed by atoms with van der Waals surface area (Å²) in [7, 11) is -3.58. The molecule has 1 atom stereocenters. The Bertz CT molecular complexity index is 241. The lowest BCUT2D eigenvalue weighted by Crippen LogP contribution is -2.23. The summed E-state index contributed by atoms with van der Waals surface area (Å²) in [6.45, 7) is 7.57. The highest BCUT2D eigenvalue weighted by Gasteiger charge is 2.24. The normalized spacial score (nSPS) is 15.8. The highest BCUT2D eigenvalue weighted by atomic mass is 35.5. The van der Waals surface area contributed by atoms with Crippen molar-refractivity contribution < 1.29 is 12.6 Å². The molecule has 0 rings (SSSR count). The summed E-state index contributed by atoms with van der Waals surface area (Å²) in [6.07, 6.45) is 0.355. The largest absolute Gasteiger partial charge is 0.284 e. The van der Waals surface area contributed by atoms with E-state index in [1.54, 1.807) is 6.92 Å². The highest BCUT2D eigenvalue weighted by Crippen LogP contribution is 2.18. The first-order valence-corrected chi connectivity index (χ1v) is 6.12. The quantitative estimate of drug-likeness (QED) is 0.548. The Morgan fingerprint density at radius 3 is 2.15 bits per heavy atom. The fourth-order valence-electron chi connectivity index (χ4n) is 0.537. The number of hydrogen-bond donors (Lipinski definition) is 0. The van der Waals surface area contributed by atoms with Gasteiger partial charge < -0.3 is 0 Å². The van der Waals surface area contributed by atoms with E-state index in [0.717, 1.165) is 0 Å². The van der Waals surface area contributed by atoms with Gasteiger partial charge in [0.25, 0.3) is 10.1 Å². The van der Waals surface area contributed by atoms with Gasteiger partial charge in [0.15, 0.2) is 4.71 Å². The number of halogens is 1. The van der Waals surface area contributed by atoms with Crippen molar-refractivity contribution in [1.82, 2.24) is 0 Å². The van der Waals surface area contributed by atoms with E-state index in [9.17, 15) is 8.42 Å². The van der Waals surface area contributed by atoms with Gasteiger partial charge in [-0.05, 0) is 11.8 Å². The molecule has 0 N–H and O–H groups in total. The van der Waals surface area contributed by atoms with Crippen molar-refractivity contribution in [3.8, 4) is 0 Å². The molecule has 0 fully saturated rings. The van der Waals surface area contributed by atoms with Crippen LogP contribution in [0.5, 0.6) is 0 Å². The zero-order valence-electron chi connectivity index (χ0n) is 8.50. The van der Waals surface area contributed by atoms with Crippen molar-refractivity contribution >= 4 is 21.7 Å². The molecule has 0 aliphatic heterocycles. The molecule has 0 saturated heterocycles. The van der Waals surface area contributed by atoms with Crippen LogP contribution < -0.4 is 0 Å². The molecular weight excluding hydrogens is 212 g/mol. The third kappa shape index (κ3) is 5.49. The average Bonchev–Trinajstić information content (AvgIpc) is 1.98. The molecule has 0 heterocycles. The van der Waals surface area contributed by atoms with Crippen molar-refractivity contribution in [1.29, 1.82) is 0 Å². The van der Waals surface area contributed by atoms with Crippen LogP contribution in [0.4, 0.5) is 0 Å². The Balaban J connectivity index is 4.21. The summed E-state index contributed by atoms with van der Waals surface area (Å²) in [5.41, 5.74) is -0.169. The van der Waals surface area contributed by atoms with Gasteiger partial charge in [-0.1, -0.05) is 27.7 Å². The van der Waals surface area contributed by atoms with Gasteiger partial charge >= 0.3 is 0 Å². The molecule has 0 aromatic heterocycles. The van der Waals surface area contributed by atoms with Crippen LogP contribution >= 0.6 is 11.6 Å². The van der Waals surface area contributed by atoms with E-state index in [0.29, 0.717) is 6.42 Å². The van der Waals surface area contributed by atoms with Crippen LogP contribution in [0.2, 0.25) is 0 Å². The van der Waals surface area contributed by atoms with E-state index in [-0.39, 0.29) is 12.0 Å². The summed E-state index contributed by atoms with van der Waals surface area (Å²) in [5, 5.41) is 0. The molecule has 0 aromatic carbocycles. The fraction of sp³-hybridized carbons (Fsp3) is 1.00. The van der Waals surface area contributed by atoms with Gasteiger partial charge in [0.05, 0.1) is 6.61 Å². The van der Waals surface area contributed by atoms with Crippen molar-refractivity contribution in [3.05, 3.63) is 0 Å². The van der Waals surface area contributed by atoms with Crippen molar-refractivity contribution in [3.63, 3.8) is 0 Å². The molecule has 5 heteroatoms. The molecule has 80 valence electrons. The van der Waals surface area contributed by atoms with Crippen LogP contribution in [-0.4, -0.2) is 19.7 Å². The summed E-state index contributed by atoms with van der Waals surface area (Å²) >= 11 is 5.57. The minimum Gasteiger partial charge on any atom is -0.268 e. The van der Waals surface area contributed by atoms with Crippen molar-refractivity contribution in [2.45, 2.75) is 38.8 Å². The Labute approximate surface area is 85.5 Å². The molecule has 0 aromatic rings. The summed E-state index contributed by atoms with van der Waals surface area (Å²) in [5.74, 6) is 0. The lowest BCUT2D eigenvalue weighted by molar-refractivity contribution is 0.202. The van der Waals surface area contributed by atoms with Crippen molar-refractivity contribution in [2.75, 3.05) is 6.61 Å². The first-order valence-electron chi connectivity index (χ1n) is 4.21. The van der Waals surface area contributed by atoms with E-state index in [1.165, 1.54) is 0 Å². The second-order valence-corrected chi connectivity index (χ2v) is 6.71. The average molecular weight is 229 g/mol. The molecule has 0 spiro atoms. The molecule has 3 nitrogen and oxygen atoms in total. The third-order valence-electron chi connectivity index (χ3n) is 1.29. The van der Waals surface area contributed by atoms with Gasteiger partial charge in [-0.2, -0.15) is 8.42 Å². The van der Waals surface area contributed by atoms with Gasteiger partial charge in [-0.3, -0.25) is 4.18 Å². The fourth-order valence-corrected chi connectivity index (χ4v) is 1.76. The maximum atomic E-state index is 11.3. The Kier molecular flexibility index (Phi) is 4.69. The Morgan fingerprint density at radius 2 is 1.85 bits per heavy atom. The lowest BCUT2D eigenvalue weighted by atomic mass is 9.99. The minimum atomic E-state index is -3.58.